The molecule has 0 amide bonds. The normalized spacial score (nSPS) is 32.0. The molecule has 1 aromatic carbocycles. The highest BCUT2D eigenvalue weighted by Crippen LogP contribution is 2.42. The number of hydrogen-bond acceptors (Lipinski definition) is 7. The van der Waals surface area contributed by atoms with Crippen LogP contribution in [0, 0.1) is 17.8 Å². The van der Waals surface area contributed by atoms with Gasteiger partial charge in [0.05, 0.1) is 19.3 Å². The van der Waals surface area contributed by atoms with Crippen molar-refractivity contribution in [3.05, 3.63) is 60.2 Å². The van der Waals surface area contributed by atoms with E-state index >= 15 is 0 Å². The number of hydrogen-bond donors (Lipinski definition) is 0. The van der Waals surface area contributed by atoms with Crippen molar-refractivity contribution in [1.29, 1.82) is 0 Å². The molecule has 0 aromatic heterocycles. The maximum absolute atomic E-state index is 13.4. The van der Waals surface area contributed by atoms with E-state index in [0.29, 0.717) is 37.7 Å². The van der Waals surface area contributed by atoms with Gasteiger partial charge in [-0.05, 0) is 94.4 Å². The van der Waals surface area contributed by atoms with E-state index in [0.717, 1.165) is 77.2 Å². The van der Waals surface area contributed by atoms with Crippen molar-refractivity contribution in [2.75, 3.05) is 20.3 Å². The summed E-state index contributed by atoms with van der Waals surface area (Å²) in [6.07, 6.45) is 20.5. The van der Waals surface area contributed by atoms with E-state index in [1.165, 1.54) is 12.7 Å². The van der Waals surface area contributed by atoms with Gasteiger partial charge in [0.2, 0.25) is 0 Å². The van der Waals surface area contributed by atoms with E-state index in [-0.39, 0.29) is 48.4 Å². The van der Waals surface area contributed by atoms with Gasteiger partial charge in [-0.3, -0.25) is 9.59 Å². The Morgan fingerprint density at radius 1 is 0.977 bits per heavy atom. The molecule has 4 unspecified atom stereocenters. The van der Waals surface area contributed by atoms with E-state index in [2.05, 4.69) is 54.6 Å². The summed E-state index contributed by atoms with van der Waals surface area (Å²) in [5.74, 6) is 0.803. The quantitative estimate of drug-likeness (QED) is 0.123. The zero-order chi connectivity index (χ0) is 30.6. The predicted octanol–water partition coefficient (Wildman–Crippen LogP) is 7.44. The average Bonchev–Trinajstić information content (AvgIpc) is 3.67. The summed E-state index contributed by atoms with van der Waals surface area (Å²) in [4.78, 5) is 24.8. The minimum Gasteiger partial charge on any atom is -0.469 e. The van der Waals surface area contributed by atoms with Crippen molar-refractivity contribution in [2.45, 2.75) is 121 Å². The minimum atomic E-state index is -0.241. The summed E-state index contributed by atoms with van der Waals surface area (Å²) in [6, 6.07) is 10.8. The molecule has 2 aliphatic heterocycles. The Labute approximate surface area is 263 Å². The Morgan fingerprint density at radius 2 is 1.75 bits per heavy atom. The van der Waals surface area contributed by atoms with Crippen LogP contribution in [0.25, 0.3) is 0 Å². The summed E-state index contributed by atoms with van der Waals surface area (Å²) < 4.78 is 29.9. The number of esters is 1. The molecule has 4 aliphatic rings. The van der Waals surface area contributed by atoms with E-state index in [9.17, 15) is 9.59 Å². The number of rotatable bonds is 14. The van der Waals surface area contributed by atoms with Crippen LogP contribution in [0.3, 0.4) is 0 Å². The fourth-order valence-corrected chi connectivity index (χ4v) is 7.37. The molecule has 2 heterocycles. The van der Waals surface area contributed by atoms with E-state index in [1.54, 1.807) is 0 Å². The van der Waals surface area contributed by atoms with Crippen molar-refractivity contribution in [2.24, 2.45) is 17.8 Å². The van der Waals surface area contributed by atoms with Gasteiger partial charge >= 0.3 is 5.97 Å². The Balaban J connectivity index is 1.29. The standard InChI is InChI=1S/C37H52O7/c1-40-35(39)16-8-3-2-7-15-30-31(34(26-32(30)38)44-37-18-10-12-24-42-37)21-22-33(43-36-17-9-11-23-41-36)29-20-19-28(25-29)27-13-5-4-6-14-27/h2,4-7,13-14,21-22,28-31,33-34,36-37H,3,8-12,15-20,23-26H2,1H3/b7-2-,22-21+/t28?,29?,30-,31-,33-,34-,36?,37?/m1/s1. The van der Waals surface area contributed by atoms with Crippen molar-refractivity contribution < 1.29 is 33.3 Å². The van der Waals surface area contributed by atoms with Crippen LogP contribution >= 0.6 is 0 Å². The van der Waals surface area contributed by atoms with Gasteiger partial charge in [-0.15, -0.1) is 0 Å². The summed E-state index contributed by atoms with van der Waals surface area (Å²) in [5, 5.41) is 0. The highest BCUT2D eigenvalue weighted by molar-refractivity contribution is 5.85. The third kappa shape index (κ3) is 9.59. The third-order valence-corrected chi connectivity index (χ3v) is 9.89. The lowest BCUT2D eigenvalue weighted by atomic mass is 9.88. The van der Waals surface area contributed by atoms with Gasteiger partial charge < -0.3 is 23.7 Å². The summed E-state index contributed by atoms with van der Waals surface area (Å²) >= 11 is 0. The highest BCUT2D eigenvalue weighted by Gasteiger charge is 2.43. The molecule has 5 rings (SSSR count). The molecular formula is C37H52O7. The number of carbonyl (C=O) groups excluding carboxylic acids is 2. The molecule has 0 N–H and O–H groups in total. The molecule has 44 heavy (non-hydrogen) atoms. The largest absolute Gasteiger partial charge is 0.469 e. The second-order valence-electron chi connectivity index (χ2n) is 13.0. The van der Waals surface area contributed by atoms with Crippen molar-refractivity contribution in [3.63, 3.8) is 0 Å². The maximum atomic E-state index is 13.4. The molecular weight excluding hydrogens is 556 g/mol. The first-order valence-corrected chi connectivity index (χ1v) is 17.1. The lowest BCUT2D eigenvalue weighted by Gasteiger charge is -2.31. The molecule has 7 heteroatoms. The maximum Gasteiger partial charge on any atom is 0.305 e. The number of ether oxygens (including phenoxy) is 5. The number of allylic oxidation sites excluding steroid dienone is 2. The van der Waals surface area contributed by atoms with Crippen LogP contribution in [0.5, 0.6) is 0 Å². The van der Waals surface area contributed by atoms with Gasteiger partial charge in [0.15, 0.2) is 12.6 Å². The Hall–Kier alpha value is -2.32. The number of benzene rings is 1. The minimum absolute atomic E-state index is 0.0440. The molecule has 0 spiro atoms. The molecule has 0 radical (unpaired) electrons. The first-order chi connectivity index (χ1) is 21.6. The monoisotopic (exact) mass is 608 g/mol. The molecule has 1 aromatic rings. The van der Waals surface area contributed by atoms with E-state index in [4.69, 9.17) is 23.7 Å². The van der Waals surface area contributed by atoms with Crippen molar-refractivity contribution in [3.8, 4) is 0 Å². The van der Waals surface area contributed by atoms with Crippen molar-refractivity contribution >= 4 is 11.8 Å². The lowest BCUT2D eigenvalue weighted by molar-refractivity contribution is -0.193. The summed E-state index contributed by atoms with van der Waals surface area (Å²) in [6.45, 7) is 1.46. The van der Waals surface area contributed by atoms with Crippen LogP contribution in [-0.2, 0) is 33.3 Å². The van der Waals surface area contributed by atoms with Crippen molar-refractivity contribution in [1.82, 2.24) is 0 Å². The summed E-state index contributed by atoms with van der Waals surface area (Å²) in [5.41, 5.74) is 1.41. The van der Waals surface area contributed by atoms with Crippen LogP contribution in [0.2, 0.25) is 0 Å². The zero-order valence-electron chi connectivity index (χ0n) is 26.5. The second-order valence-corrected chi connectivity index (χ2v) is 13.0. The molecule has 4 fully saturated rings. The summed E-state index contributed by atoms with van der Waals surface area (Å²) in [7, 11) is 1.42. The number of methoxy groups -OCH3 is 1. The smallest absolute Gasteiger partial charge is 0.305 e. The van der Waals surface area contributed by atoms with E-state index < -0.39 is 0 Å². The molecule has 242 valence electrons. The molecule has 2 aliphatic carbocycles. The lowest BCUT2D eigenvalue weighted by Crippen LogP contribution is -2.32. The Kier molecular flexibility index (Phi) is 13.1. The number of ketones is 1. The Bertz CT molecular complexity index is 1070. The van der Waals surface area contributed by atoms with Crippen LogP contribution < -0.4 is 0 Å². The molecule has 2 saturated carbocycles. The van der Waals surface area contributed by atoms with Gasteiger partial charge in [-0.2, -0.15) is 0 Å². The van der Waals surface area contributed by atoms with Crippen LogP contribution in [0.1, 0.15) is 101 Å². The van der Waals surface area contributed by atoms with Gasteiger partial charge in [0, 0.05) is 37.9 Å². The fraction of sp³-hybridized carbons (Fsp3) is 0.676. The van der Waals surface area contributed by atoms with Crippen LogP contribution in [-0.4, -0.2) is 56.9 Å². The van der Waals surface area contributed by atoms with Gasteiger partial charge in [0.1, 0.15) is 5.78 Å². The molecule has 8 atom stereocenters. The topological polar surface area (TPSA) is 80.3 Å². The van der Waals surface area contributed by atoms with Gasteiger partial charge in [-0.1, -0.05) is 54.6 Å². The highest BCUT2D eigenvalue weighted by atomic mass is 16.7. The SMILES string of the molecule is COC(=O)CCC/C=C\C[C@H]1C(=O)C[C@@H](OC2CCCCO2)[C@@H]1/C=C/[C@@H](OC1CCCCO1)C1CCC(c2ccccc2)C1. The van der Waals surface area contributed by atoms with Gasteiger partial charge in [0.25, 0.3) is 0 Å². The number of carbonyl (C=O) groups is 2. The zero-order valence-corrected chi connectivity index (χ0v) is 26.5. The van der Waals surface area contributed by atoms with E-state index in [1.807, 2.05) is 0 Å². The Morgan fingerprint density at radius 3 is 2.48 bits per heavy atom. The fourth-order valence-electron chi connectivity index (χ4n) is 7.37. The number of unbranched alkanes of at least 4 members (excludes halogenated alkanes) is 1. The molecule has 2 saturated heterocycles. The van der Waals surface area contributed by atoms with Gasteiger partial charge in [-0.25, -0.2) is 0 Å². The van der Waals surface area contributed by atoms with Crippen LogP contribution in [0.4, 0.5) is 0 Å². The van der Waals surface area contributed by atoms with Crippen LogP contribution in [0.15, 0.2) is 54.6 Å². The first-order valence-electron chi connectivity index (χ1n) is 17.1. The number of Topliss-reactive ketones (excluding diaryl/α,β-unsaturated/α-hetero) is 1. The molecule has 7 nitrogen and oxygen atoms in total. The first kappa shape index (κ1) is 33.1. The predicted molar refractivity (Wildman–Crippen MR) is 169 cm³/mol. The average molecular weight is 609 g/mol. The molecule has 0 bridgehead atoms. The third-order valence-electron chi connectivity index (χ3n) is 9.89. The second kappa shape index (κ2) is 17.4.